The Balaban J connectivity index is 2.09. The van der Waals surface area contributed by atoms with Crippen LogP contribution < -0.4 is 5.32 Å². The van der Waals surface area contributed by atoms with E-state index in [0.717, 1.165) is 0 Å². The Morgan fingerprint density at radius 2 is 2.05 bits per heavy atom. The van der Waals surface area contributed by atoms with Gasteiger partial charge in [-0.15, -0.1) is 0 Å². The lowest BCUT2D eigenvalue weighted by molar-refractivity contribution is -0.385. The molecule has 0 fully saturated rings. The van der Waals surface area contributed by atoms with Gasteiger partial charge in [0.15, 0.2) is 5.82 Å². The van der Waals surface area contributed by atoms with Crippen LogP contribution in [0.2, 0.25) is 0 Å². The third-order valence-electron chi connectivity index (χ3n) is 2.42. The van der Waals surface area contributed by atoms with Crippen molar-refractivity contribution >= 4 is 39.4 Å². The molecule has 1 amide bonds. The number of nitrogens with zero attached hydrogens (tertiary/aromatic N) is 3. The quantitative estimate of drug-likeness (QED) is 0.520. The van der Waals surface area contributed by atoms with Gasteiger partial charge in [-0.25, -0.2) is 9.97 Å². The summed E-state index contributed by atoms with van der Waals surface area (Å²) in [5, 5.41) is 13.3. The number of nitro groups is 1. The lowest BCUT2D eigenvalue weighted by Crippen LogP contribution is -2.09. The van der Waals surface area contributed by atoms with Crippen LogP contribution in [0, 0.1) is 10.1 Å². The van der Waals surface area contributed by atoms with E-state index in [4.69, 9.17) is 0 Å². The minimum atomic E-state index is -0.502. The summed E-state index contributed by atoms with van der Waals surface area (Å²) in [6.45, 7) is 0. The third-order valence-corrected chi connectivity index (χ3v) is 2.83. The molecule has 0 saturated carbocycles. The van der Waals surface area contributed by atoms with Crippen LogP contribution in [0.15, 0.2) is 47.3 Å². The number of nitrogens with one attached hydrogen (secondary N) is 1. The molecule has 0 aliphatic rings. The van der Waals surface area contributed by atoms with Gasteiger partial charge in [0, 0.05) is 12.1 Å². The van der Waals surface area contributed by atoms with E-state index in [1.54, 1.807) is 18.2 Å². The molecule has 0 aliphatic carbocycles. The lowest BCUT2D eigenvalue weighted by atomic mass is 10.1. The van der Waals surface area contributed by atoms with Crippen LogP contribution in [-0.2, 0) is 4.79 Å². The largest absolute Gasteiger partial charge is 0.306 e. The van der Waals surface area contributed by atoms with E-state index >= 15 is 0 Å². The summed E-state index contributed by atoms with van der Waals surface area (Å²) in [5.74, 6) is -0.166. The van der Waals surface area contributed by atoms with E-state index in [-0.39, 0.29) is 11.5 Å². The first-order chi connectivity index (χ1) is 10.1. The maximum Gasteiger partial charge on any atom is 0.276 e. The molecular formula is C13H9BrN4O3. The third kappa shape index (κ3) is 4.18. The van der Waals surface area contributed by atoms with E-state index < -0.39 is 10.8 Å². The van der Waals surface area contributed by atoms with Gasteiger partial charge in [0.2, 0.25) is 5.91 Å². The molecule has 0 radical (unpaired) electrons. The summed E-state index contributed by atoms with van der Waals surface area (Å²) in [7, 11) is 0. The van der Waals surface area contributed by atoms with Gasteiger partial charge in [0.1, 0.15) is 4.60 Å². The van der Waals surface area contributed by atoms with Crippen LogP contribution >= 0.6 is 15.9 Å². The van der Waals surface area contributed by atoms with Crippen LogP contribution in [0.1, 0.15) is 5.56 Å². The maximum absolute atomic E-state index is 11.7. The highest BCUT2D eigenvalue weighted by atomic mass is 79.9. The van der Waals surface area contributed by atoms with E-state index in [0.29, 0.717) is 10.2 Å². The molecule has 0 unspecified atom stereocenters. The van der Waals surface area contributed by atoms with Crippen molar-refractivity contribution < 1.29 is 9.72 Å². The van der Waals surface area contributed by atoms with Gasteiger partial charge in [-0.2, -0.15) is 0 Å². The van der Waals surface area contributed by atoms with Crippen molar-refractivity contribution in [2.45, 2.75) is 0 Å². The molecular weight excluding hydrogens is 340 g/mol. The minimum Gasteiger partial charge on any atom is -0.306 e. The minimum absolute atomic E-state index is 0.0648. The van der Waals surface area contributed by atoms with Crippen LogP contribution in [0.3, 0.4) is 0 Å². The first-order valence-corrected chi connectivity index (χ1v) is 6.55. The Kier molecular flexibility index (Phi) is 4.72. The summed E-state index contributed by atoms with van der Waals surface area (Å²) in [5.41, 5.74) is 0.282. The summed E-state index contributed by atoms with van der Waals surface area (Å²) < 4.78 is 0.552. The number of aromatic nitrogens is 2. The zero-order chi connectivity index (χ0) is 15.2. The second-order valence-corrected chi connectivity index (χ2v) is 4.68. The van der Waals surface area contributed by atoms with Gasteiger partial charge in [0.05, 0.1) is 22.9 Å². The zero-order valence-electron chi connectivity index (χ0n) is 10.6. The molecule has 1 aromatic heterocycles. The van der Waals surface area contributed by atoms with Gasteiger partial charge >= 0.3 is 0 Å². The first kappa shape index (κ1) is 14.8. The van der Waals surface area contributed by atoms with Crippen molar-refractivity contribution in [3.63, 3.8) is 0 Å². The molecule has 2 aromatic rings. The summed E-state index contributed by atoms with van der Waals surface area (Å²) in [6, 6.07) is 6.15. The Morgan fingerprint density at radius 3 is 2.71 bits per heavy atom. The van der Waals surface area contributed by atoms with Crippen LogP contribution in [0.5, 0.6) is 0 Å². The average molecular weight is 349 g/mol. The standard InChI is InChI=1S/C13H9BrN4O3/c14-11-7-16-12(8-15-11)17-13(19)6-5-9-3-1-2-4-10(9)18(20)21/h1-8H,(H,16,17,19). The first-order valence-electron chi connectivity index (χ1n) is 5.76. The van der Waals surface area contributed by atoms with Crippen molar-refractivity contribution in [1.29, 1.82) is 0 Å². The molecule has 0 saturated heterocycles. The summed E-state index contributed by atoms with van der Waals surface area (Å²) in [6.07, 6.45) is 5.41. The van der Waals surface area contributed by atoms with Crippen molar-refractivity contribution in [3.8, 4) is 0 Å². The molecule has 0 spiro atoms. The Bertz CT molecular complexity index is 701. The second kappa shape index (κ2) is 6.71. The number of carbonyl (C=O) groups is 1. The van der Waals surface area contributed by atoms with Crippen LogP contribution in [-0.4, -0.2) is 20.8 Å². The Morgan fingerprint density at radius 1 is 1.29 bits per heavy atom. The number of halogens is 1. The van der Waals surface area contributed by atoms with Crippen molar-refractivity contribution in [1.82, 2.24) is 9.97 Å². The van der Waals surface area contributed by atoms with Crippen molar-refractivity contribution in [3.05, 3.63) is 63.0 Å². The van der Waals surface area contributed by atoms with Gasteiger partial charge in [-0.3, -0.25) is 14.9 Å². The highest BCUT2D eigenvalue weighted by molar-refractivity contribution is 9.10. The number of benzene rings is 1. The molecule has 0 aliphatic heterocycles. The fourth-order valence-corrected chi connectivity index (χ4v) is 1.71. The molecule has 21 heavy (non-hydrogen) atoms. The molecule has 0 atom stereocenters. The van der Waals surface area contributed by atoms with Gasteiger partial charge in [-0.05, 0) is 28.1 Å². The zero-order valence-corrected chi connectivity index (χ0v) is 12.1. The normalized spacial score (nSPS) is 10.5. The highest BCUT2D eigenvalue weighted by Crippen LogP contribution is 2.18. The number of hydrogen-bond donors (Lipinski definition) is 1. The number of rotatable bonds is 4. The molecule has 1 N–H and O–H groups in total. The van der Waals surface area contributed by atoms with E-state index in [9.17, 15) is 14.9 Å². The van der Waals surface area contributed by atoms with Crippen LogP contribution in [0.25, 0.3) is 6.08 Å². The predicted molar refractivity (Wildman–Crippen MR) is 80.5 cm³/mol. The van der Waals surface area contributed by atoms with Crippen LogP contribution in [0.4, 0.5) is 11.5 Å². The lowest BCUT2D eigenvalue weighted by Gasteiger charge is -2.00. The number of para-hydroxylation sites is 1. The molecule has 1 aromatic carbocycles. The number of hydrogen-bond acceptors (Lipinski definition) is 5. The Hall–Kier alpha value is -2.61. The highest BCUT2D eigenvalue weighted by Gasteiger charge is 2.09. The Labute approximate surface area is 128 Å². The maximum atomic E-state index is 11.7. The topological polar surface area (TPSA) is 98.0 Å². The molecule has 0 bridgehead atoms. The molecule has 2 rings (SSSR count). The number of nitro benzene ring substituents is 1. The molecule has 106 valence electrons. The molecule has 7 nitrogen and oxygen atoms in total. The SMILES string of the molecule is O=C(C=Cc1ccccc1[N+](=O)[O-])Nc1cnc(Br)cn1. The van der Waals surface area contributed by atoms with Crippen molar-refractivity contribution in [2.24, 2.45) is 0 Å². The fourth-order valence-electron chi connectivity index (χ4n) is 1.50. The van der Waals surface area contributed by atoms with Crippen molar-refractivity contribution in [2.75, 3.05) is 5.32 Å². The van der Waals surface area contributed by atoms with E-state index in [1.807, 2.05) is 0 Å². The number of anilines is 1. The number of carbonyl (C=O) groups excluding carboxylic acids is 1. The fraction of sp³-hybridized carbons (Fsp3) is 0. The molecule has 8 heteroatoms. The molecule has 1 heterocycles. The van der Waals surface area contributed by atoms with Gasteiger partial charge in [-0.1, -0.05) is 12.1 Å². The van der Waals surface area contributed by atoms with Gasteiger partial charge in [0.25, 0.3) is 5.69 Å². The predicted octanol–water partition coefficient (Wildman–Crippen LogP) is 2.80. The van der Waals surface area contributed by atoms with Gasteiger partial charge < -0.3 is 5.32 Å². The summed E-state index contributed by atoms with van der Waals surface area (Å²) >= 11 is 3.13. The monoisotopic (exact) mass is 348 g/mol. The van der Waals surface area contributed by atoms with E-state index in [2.05, 4.69) is 31.2 Å². The smallest absolute Gasteiger partial charge is 0.276 e. The van der Waals surface area contributed by atoms with E-state index in [1.165, 1.54) is 30.6 Å². The summed E-state index contributed by atoms with van der Waals surface area (Å²) in [4.78, 5) is 29.9. The average Bonchev–Trinajstić information content (AvgIpc) is 2.48. The number of amides is 1. The second-order valence-electron chi connectivity index (χ2n) is 3.86.